The second-order valence-electron chi connectivity index (χ2n) is 5.56. The Morgan fingerprint density at radius 1 is 1.29 bits per heavy atom. The van der Waals surface area contributed by atoms with Crippen LogP contribution in [-0.2, 0) is 11.3 Å². The molecule has 0 saturated carbocycles. The average Bonchev–Trinajstić information content (AvgIpc) is 3.10. The molecule has 136 valence electrons. The van der Waals surface area contributed by atoms with Crippen LogP contribution < -0.4 is 16.0 Å². The number of guanidine groups is 1. The quantitative estimate of drug-likeness (QED) is 0.239. The predicted octanol–water partition coefficient (Wildman–Crippen LogP) is 2.92. The van der Waals surface area contributed by atoms with Crippen LogP contribution in [0.15, 0.2) is 29.3 Å². The van der Waals surface area contributed by atoms with Gasteiger partial charge in [-0.15, -0.1) is 24.0 Å². The molecule has 1 atom stereocenters. The third-order valence-corrected chi connectivity index (χ3v) is 5.19. The Morgan fingerprint density at radius 2 is 2.08 bits per heavy atom. The van der Waals surface area contributed by atoms with E-state index in [-0.39, 0.29) is 24.0 Å². The van der Waals surface area contributed by atoms with Gasteiger partial charge in [0.1, 0.15) is 0 Å². The van der Waals surface area contributed by atoms with Gasteiger partial charge in [-0.25, -0.2) is 0 Å². The summed E-state index contributed by atoms with van der Waals surface area (Å²) < 4.78 is 5.03. The van der Waals surface area contributed by atoms with Crippen molar-refractivity contribution >= 4 is 47.4 Å². The lowest BCUT2D eigenvalue weighted by Crippen LogP contribution is -2.39. The molecule has 3 N–H and O–H groups in total. The first-order valence-corrected chi connectivity index (χ1v) is 9.24. The number of rotatable bonds is 8. The molecule has 1 heterocycles. The Hall–Kier alpha value is -0.670. The molecule has 1 aliphatic rings. The van der Waals surface area contributed by atoms with Crippen molar-refractivity contribution in [2.75, 3.05) is 44.9 Å². The van der Waals surface area contributed by atoms with Crippen molar-refractivity contribution in [1.29, 1.82) is 0 Å². The summed E-state index contributed by atoms with van der Waals surface area (Å²) in [5, 5.41) is 10.8. The van der Waals surface area contributed by atoms with Crippen molar-refractivity contribution in [3.63, 3.8) is 0 Å². The van der Waals surface area contributed by atoms with Crippen LogP contribution in [0.3, 0.4) is 0 Å². The van der Waals surface area contributed by atoms with Crippen molar-refractivity contribution in [1.82, 2.24) is 10.6 Å². The van der Waals surface area contributed by atoms with Gasteiger partial charge in [0.2, 0.25) is 0 Å². The van der Waals surface area contributed by atoms with Crippen molar-refractivity contribution in [3.05, 3.63) is 29.8 Å². The van der Waals surface area contributed by atoms with Gasteiger partial charge in [0.15, 0.2) is 5.96 Å². The SMILES string of the molecule is CN=C(NCc1ccc(NCCOC)cc1)NCC1CCCS1.I. The number of hydrogen-bond acceptors (Lipinski definition) is 4. The first-order valence-electron chi connectivity index (χ1n) is 8.19. The lowest BCUT2D eigenvalue weighted by atomic mass is 10.2. The van der Waals surface area contributed by atoms with E-state index in [4.69, 9.17) is 4.74 Å². The van der Waals surface area contributed by atoms with E-state index in [0.717, 1.165) is 36.5 Å². The summed E-state index contributed by atoms with van der Waals surface area (Å²) in [6.45, 7) is 3.30. The third kappa shape index (κ3) is 7.94. The highest BCUT2D eigenvalue weighted by molar-refractivity contribution is 14.0. The number of ether oxygens (including phenoxy) is 1. The van der Waals surface area contributed by atoms with Gasteiger partial charge < -0.3 is 20.7 Å². The second kappa shape index (κ2) is 12.7. The summed E-state index contributed by atoms with van der Waals surface area (Å²) in [6, 6.07) is 8.44. The molecule has 7 heteroatoms. The lowest BCUT2D eigenvalue weighted by Gasteiger charge is -2.15. The number of aliphatic imine (C=N–C) groups is 1. The zero-order valence-corrected chi connectivity index (χ0v) is 17.7. The van der Waals surface area contributed by atoms with E-state index in [0.29, 0.717) is 6.61 Å². The van der Waals surface area contributed by atoms with Crippen molar-refractivity contribution in [3.8, 4) is 0 Å². The highest BCUT2D eigenvalue weighted by Gasteiger charge is 2.15. The summed E-state index contributed by atoms with van der Waals surface area (Å²) >= 11 is 2.06. The van der Waals surface area contributed by atoms with Crippen LogP contribution in [0.25, 0.3) is 0 Å². The van der Waals surface area contributed by atoms with E-state index >= 15 is 0 Å². The van der Waals surface area contributed by atoms with Crippen molar-refractivity contribution in [2.24, 2.45) is 4.99 Å². The smallest absolute Gasteiger partial charge is 0.191 e. The number of halogens is 1. The van der Waals surface area contributed by atoms with Crippen LogP contribution >= 0.6 is 35.7 Å². The van der Waals surface area contributed by atoms with Crippen LogP contribution in [0, 0.1) is 0 Å². The molecule has 0 bridgehead atoms. The fourth-order valence-electron chi connectivity index (χ4n) is 2.46. The van der Waals surface area contributed by atoms with Gasteiger partial charge in [-0.3, -0.25) is 4.99 Å². The van der Waals surface area contributed by atoms with Gasteiger partial charge in [-0.1, -0.05) is 12.1 Å². The fraction of sp³-hybridized carbons (Fsp3) is 0.588. The largest absolute Gasteiger partial charge is 0.383 e. The molecule has 1 saturated heterocycles. The topological polar surface area (TPSA) is 57.7 Å². The molecular formula is C17H29IN4OS. The molecule has 0 spiro atoms. The van der Waals surface area contributed by atoms with E-state index in [1.165, 1.54) is 24.2 Å². The highest BCUT2D eigenvalue weighted by atomic mass is 127. The maximum Gasteiger partial charge on any atom is 0.191 e. The lowest BCUT2D eigenvalue weighted by molar-refractivity contribution is 0.211. The normalized spacial score (nSPS) is 17.2. The average molecular weight is 464 g/mol. The Kier molecular flexibility index (Phi) is 11.3. The fourth-order valence-corrected chi connectivity index (χ4v) is 3.66. The summed E-state index contributed by atoms with van der Waals surface area (Å²) in [5.41, 5.74) is 2.35. The molecule has 0 aliphatic carbocycles. The number of benzene rings is 1. The molecule has 1 fully saturated rings. The minimum atomic E-state index is 0. The van der Waals surface area contributed by atoms with E-state index in [1.54, 1.807) is 7.11 Å². The van der Waals surface area contributed by atoms with Crippen molar-refractivity contribution < 1.29 is 4.74 Å². The Labute approximate surface area is 166 Å². The summed E-state index contributed by atoms with van der Waals surface area (Å²) in [7, 11) is 3.53. The van der Waals surface area contributed by atoms with E-state index in [1.807, 2.05) is 7.05 Å². The molecule has 0 amide bonds. The molecule has 1 aromatic rings. The molecule has 1 aromatic carbocycles. The van der Waals surface area contributed by atoms with E-state index in [9.17, 15) is 0 Å². The van der Waals surface area contributed by atoms with Gasteiger partial charge >= 0.3 is 0 Å². The van der Waals surface area contributed by atoms with Crippen LogP contribution in [0.1, 0.15) is 18.4 Å². The van der Waals surface area contributed by atoms with Gasteiger partial charge in [0.25, 0.3) is 0 Å². The first kappa shape index (κ1) is 21.4. The minimum Gasteiger partial charge on any atom is -0.383 e. The molecule has 0 aromatic heterocycles. The maximum absolute atomic E-state index is 5.03. The zero-order chi connectivity index (χ0) is 16.3. The Balaban J connectivity index is 0.00000288. The molecule has 2 rings (SSSR count). The monoisotopic (exact) mass is 464 g/mol. The van der Waals surface area contributed by atoms with Crippen LogP contribution in [-0.4, -0.2) is 50.8 Å². The number of thioether (sulfide) groups is 1. The number of methoxy groups -OCH3 is 1. The van der Waals surface area contributed by atoms with Crippen molar-refractivity contribution in [2.45, 2.75) is 24.6 Å². The molecular weight excluding hydrogens is 435 g/mol. The second-order valence-corrected chi connectivity index (χ2v) is 6.97. The molecule has 1 aliphatic heterocycles. The number of anilines is 1. The summed E-state index contributed by atoms with van der Waals surface area (Å²) in [5.74, 6) is 2.17. The summed E-state index contributed by atoms with van der Waals surface area (Å²) in [6.07, 6.45) is 2.65. The number of nitrogens with one attached hydrogen (secondary N) is 3. The maximum atomic E-state index is 5.03. The van der Waals surface area contributed by atoms with E-state index in [2.05, 4.69) is 57.0 Å². The van der Waals surface area contributed by atoms with Gasteiger partial charge in [-0.2, -0.15) is 11.8 Å². The Bertz CT molecular complexity index is 478. The Morgan fingerprint density at radius 3 is 2.71 bits per heavy atom. The molecule has 5 nitrogen and oxygen atoms in total. The molecule has 0 radical (unpaired) electrons. The van der Waals surface area contributed by atoms with Gasteiger partial charge in [-0.05, 0) is 36.3 Å². The number of nitrogens with zero attached hydrogens (tertiary/aromatic N) is 1. The van der Waals surface area contributed by atoms with Crippen LogP contribution in [0.4, 0.5) is 5.69 Å². The first-order chi connectivity index (χ1) is 11.3. The summed E-state index contributed by atoms with van der Waals surface area (Å²) in [4.78, 5) is 4.29. The third-order valence-electron chi connectivity index (χ3n) is 3.79. The highest BCUT2D eigenvalue weighted by Crippen LogP contribution is 2.25. The predicted molar refractivity (Wildman–Crippen MR) is 116 cm³/mol. The van der Waals surface area contributed by atoms with Crippen LogP contribution in [0.2, 0.25) is 0 Å². The van der Waals surface area contributed by atoms with Crippen LogP contribution in [0.5, 0.6) is 0 Å². The van der Waals surface area contributed by atoms with Gasteiger partial charge in [0, 0.05) is 44.7 Å². The minimum absolute atomic E-state index is 0. The standard InChI is InChI=1S/C17H28N4OS.HI/c1-18-17(21-13-16-4-3-11-23-16)20-12-14-5-7-15(8-6-14)19-9-10-22-2;/h5-8,16,19H,3-4,9-13H2,1-2H3,(H2,18,20,21);1H. The molecule has 1 unspecified atom stereocenters. The van der Waals surface area contributed by atoms with Gasteiger partial charge in [0.05, 0.1) is 6.61 Å². The molecule has 24 heavy (non-hydrogen) atoms. The zero-order valence-electron chi connectivity index (χ0n) is 14.5. The number of hydrogen-bond donors (Lipinski definition) is 3. The van der Waals surface area contributed by atoms with E-state index < -0.39 is 0 Å².